The van der Waals surface area contributed by atoms with Crippen molar-refractivity contribution < 1.29 is 13.0 Å². The Morgan fingerprint density at radius 2 is 2.00 bits per heavy atom. The fourth-order valence-electron chi connectivity index (χ4n) is 0.807. The van der Waals surface area contributed by atoms with Crippen molar-refractivity contribution in [2.45, 2.75) is 18.6 Å². The molecule has 1 atom stereocenters. The summed E-state index contributed by atoms with van der Waals surface area (Å²) in [6, 6.07) is 0. The lowest BCUT2D eigenvalue weighted by Crippen LogP contribution is -2.20. The highest BCUT2D eigenvalue weighted by atomic mass is 79.9. The Balaban J connectivity index is 2.75. The maximum atomic E-state index is 10.7. The zero-order valence-electron chi connectivity index (χ0n) is 7.38. The van der Waals surface area contributed by atoms with Gasteiger partial charge in [0, 0.05) is 18.8 Å². The van der Waals surface area contributed by atoms with Gasteiger partial charge in [-0.3, -0.25) is 4.55 Å². The van der Waals surface area contributed by atoms with E-state index in [1.165, 1.54) is 19.3 Å². The zero-order chi connectivity index (χ0) is 10.8. The van der Waals surface area contributed by atoms with Gasteiger partial charge in [0.25, 0.3) is 10.1 Å². The third-order valence-electron chi connectivity index (χ3n) is 1.65. The lowest BCUT2D eigenvalue weighted by atomic mass is 10.3. The van der Waals surface area contributed by atoms with Crippen LogP contribution in [0.25, 0.3) is 0 Å². The van der Waals surface area contributed by atoms with Crippen LogP contribution < -0.4 is 0 Å². The minimum atomic E-state index is -4.00. The van der Waals surface area contributed by atoms with Crippen molar-refractivity contribution in [2.24, 2.45) is 0 Å². The Labute approximate surface area is 90.5 Å². The molecule has 0 fully saturated rings. The number of rotatable bonds is 3. The molecule has 1 aromatic rings. The Bertz CT molecular complexity index is 403. The molecule has 1 N–H and O–H groups in total. The molecule has 5 nitrogen and oxygen atoms in total. The summed E-state index contributed by atoms with van der Waals surface area (Å²) in [5.41, 5.74) is 0. The lowest BCUT2D eigenvalue weighted by molar-refractivity contribution is 0.468. The van der Waals surface area contributed by atoms with Gasteiger partial charge in [-0.05, 0) is 22.9 Å². The second-order valence-electron chi connectivity index (χ2n) is 2.85. The van der Waals surface area contributed by atoms with Gasteiger partial charge in [0.2, 0.25) is 0 Å². The van der Waals surface area contributed by atoms with E-state index in [9.17, 15) is 8.42 Å². The Morgan fingerprint density at radius 1 is 1.50 bits per heavy atom. The molecule has 78 valence electrons. The molecule has 14 heavy (non-hydrogen) atoms. The molecule has 0 aliphatic heterocycles. The monoisotopic (exact) mass is 280 g/mol. The van der Waals surface area contributed by atoms with Crippen LogP contribution in [-0.2, 0) is 16.5 Å². The highest BCUT2D eigenvalue weighted by molar-refractivity contribution is 9.10. The molecule has 0 bridgehead atoms. The van der Waals surface area contributed by atoms with Gasteiger partial charge in [0.1, 0.15) is 5.82 Å². The first kappa shape index (κ1) is 11.5. The van der Waals surface area contributed by atoms with Gasteiger partial charge in [0.05, 0.1) is 9.72 Å². The van der Waals surface area contributed by atoms with E-state index in [0.717, 1.165) is 4.47 Å². The smallest absolute Gasteiger partial charge is 0.267 e. The van der Waals surface area contributed by atoms with Crippen molar-refractivity contribution >= 4 is 26.0 Å². The summed E-state index contributed by atoms with van der Waals surface area (Å²) in [7, 11) is -4.00. The first-order valence-electron chi connectivity index (χ1n) is 3.82. The van der Waals surface area contributed by atoms with Crippen molar-refractivity contribution in [3.8, 4) is 0 Å². The molecule has 1 unspecified atom stereocenters. The van der Waals surface area contributed by atoms with Crippen LogP contribution in [0, 0.1) is 0 Å². The maximum Gasteiger partial charge on any atom is 0.267 e. The van der Waals surface area contributed by atoms with Gasteiger partial charge in [-0.2, -0.15) is 8.42 Å². The first-order valence-corrected chi connectivity index (χ1v) is 6.12. The van der Waals surface area contributed by atoms with Gasteiger partial charge in [-0.15, -0.1) is 0 Å². The first-order chi connectivity index (χ1) is 6.39. The van der Waals surface area contributed by atoms with E-state index in [4.69, 9.17) is 4.55 Å². The quantitative estimate of drug-likeness (QED) is 0.838. The van der Waals surface area contributed by atoms with E-state index in [1.54, 1.807) is 0 Å². The molecular formula is C7H9BrN2O3S. The van der Waals surface area contributed by atoms with Crippen LogP contribution in [0.4, 0.5) is 0 Å². The largest absolute Gasteiger partial charge is 0.285 e. The average molecular weight is 281 g/mol. The molecule has 1 rings (SSSR count). The number of nitrogens with zero attached hydrogens (tertiary/aromatic N) is 2. The molecule has 1 heterocycles. The minimum absolute atomic E-state index is 0.103. The minimum Gasteiger partial charge on any atom is -0.285 e. The second-order valence-corrected chi connectivity index (χ2v) is 5.60. The van der Waals surface area contributed by atoms with Gasteiger partial charge in [-0.1, -0.05) is 0 Å². The molecule has 0 aromatic carbocycles. The van der Waals surface area contributed by atoms with E-state index in [0.29, 0.717) is 5.82 Å². The summed E-state index contributed by atoms with van der Waals surface area (Å²) >= 11 is 3.16. The molecule has 1 aromatic heterocycles. The van der Waals surface area contributed by atoms with Crippen molar-refractivity contribution in [1.29, 1.82) is 0 Å². The third-order valence-corrected chi connectivity index (χ3v) is 3.25. The Hall–Kier alpha value is -0.530. The molecular weight excluding hydrogens is 272 g/mol. The summed E-state index contributed by atoms with van der Waals surface area (Å²) < 4.78 is 30.8. The standard InChI is InChI=1S/C7H9BrN2O3S/c1-5(14(11,12)13)2-7-9-3-6(8)4-10-7/h3-5H,2H2,1H3,(H,11,12,13). The lowest BCUT2D eigenvalue weighted by Gasteiger charge is -2.05. The van der Waals surface area contributed by atoms with Gasteiger partial charge in [-0.25, -0.2) is 9.97 Å². The molecule has 0 radical (unpaired) electrons. The van der Waals surface area contributed by atoms with Crippen LogP contribution in [0.5, 0.6) is 0 Å². The fourth-order valence-corrected chi connectivity index (χ4v) is 1.37. The van der Waals surface area contributed by atoms with Crippen molar-refractivity contribution in [2.75, 3.05) is 0 Å². The average Bonchev–Trinajstić information content (AvgIpc) is 2.07. The molecule has 0 saturated heterocycles. The number of halogens is 1. The SMILES string of the molecule is CC(Cc1ncc(Br)cn1)S(=O)(=O)O. The van der Waals surface area contributed by atoms with Crippen molar-refractivity contribution in [3.05, 3.63) is 22.7 Å². The topological polar surface area (TPSA) is 80.2 Å². The second kappa shape index (κ2) is 4.33. The van der Waals surface area contributed by atoms with Crippen LogP contribution in [0.3, 0.4) is 0 Å². The normalized spacial score (nSPS) is 13.9. The number of aromatic nitrogens is 2. The van der Waals surface area contributed by atoms with E-state index in [1.807, 2.05) is 0 Å². The van der Waals surface area contributed by atoms with Gasteiger partial charge < -0.3 is 0 Å². The van der Waals surface area contributed by atoms with Crippen LogP contribution in [0.2, 0.25) is 0 Å². The molecule has 0 spiro atoms. The molecule has 0 aliphatic carbocycles. The van der Waals surface area contributed by atoms with Gasteiger partial charge in [0.15, 0.2) is 0 Å². The Morgan fingerprint density at radius 3 is 2.43 bits per heavy atom. The fraction of sp³-hybridized carbons (Fsp3) is 0.429. The Kier molecular flexibility index (Phi) is 3.57. The predicted octanol–water partition coefficient (Wildman–Crippen LogP) is 1.06. The number of hydrogen-bond donors (Lipinski definition) is 1. The number of hydrogen-bond acceptors (Lipinski definition) is 4. The van der Waals surface area contributed by atoms with Crippen LogP contribution >= 0.6 is 15.9 Å². The predicted molar refractivity (Wildman–Crippen MR) is 54.4 cm³/mol. The van der Waals surface area contributed by atoms with Crippen LogP contribution in [-0.4, -0.2) is 28.2 Å². The van der Waals surface area contributed by atoms with E-state index < -0.39 is 15.4 Å². The van der Waals surface area contributed by atoms with Crippen LogP contribution in [0.15, 0.2) is 16.9 Å². The van der Waals surface area contributed by atoms with Crippen molar-refractivity contribution in [1.82, 2.24) is 9.97 Å². The highest BCUT2D eigenvalue weighted by Gasteiger charge is 2.18. The molecule has 0 amide bonds. The maximum absolute atomic E-state index is 10.7. The zero-order valence-corrected chi connectivity index (χ0v) is 9.79. The van der Waals surface area contributed by atoms with Crippen LogP contribution in [0.1, 0.15) is 12.7 Å². The van der Waals surface area contributed by atoms with E-state index in [-0.39, 0.29) is 6.42 Å². The van der Waals surface area contributed by atoms with E-state index in [2.05, 4.69) is 25.9 Å². The summed E-state index contributed by atoms with van der Waals surface area (Å²) in [6.45, 7) is 1.40. The van der Waals surface area contributed by atoms with E-state index >= 15 is 0 Å². The molecule has 7 heteroatoms. The van der Waals surface area contributed by atoms with Gasteiger partial charge >= 0.3 is 0 Å². The van der Waals surface area contributed by atoms with Crippen molar-refractivity contribution in [3.63, 3.8) is 0 Å². The molecule has 0 aliphatic rings. The summed E-state index contributed by atoms with van der Waals surface area (Å²) in [5.74, 6) is 0.387. The highest BCUT2D eigenvalue weighted by Crippen LogP contribution is 2.08. The summed E-state index contributed by atoms with van der Waals surface area (Å²) in [4.78, 5) is 7.80. The molecule has 0 saturated carbocycles. The third kappa shape index (κ3) is 3.32. The summed E-state index contributed by atoms with van der Waals surface area (Å²) in [6.07, 6.45) is 3.16. The summed E-state index contributed by atoms with van der Waals surface area (Å²) in [5, 5.41) is -0.885.